The maximum atomic E-state index is 13.1. The molecule has 3 aromatic rings. The Morgan fingerprint density at radius 2 is 1.70 bits per heavy atom. The summed E-state index contributed by atoms with van der Waals surface area (Å²) in [5, 5.41) is 2.85. The van der Waals surface area contributed by atoms with E-state index >= 15 is 0 Å². The van der Waals surface area contributed by atoms with Crippen LogP contribution in [0.3, 0.4) is 0 Å². The number of ether oxygens (including phenoxy) is 1. The van der Waals surface area contributed by atoms with Crippen molar-refractivity contribution >= 4 is 23.2 Å². The quantitative estimate of drug-likeness (QED) is 0.629. The third-order valence-electron chi connectivity index (χ3n) is 5.40. The highest BCUT2D eigenvalue weighted by atomic mass is 16.5. The van der Waals surface area contributed by atoms with Crippen molar-refractivity contribution in [2.45, 2.75) is 12.8 Å². The molecule has 1 N–H and O–H groups in total. The Morgan fingerprint density at radius 1 is 1.00 bits per heavy atom. The first-order valence-electron chi connectivity index (χ1n) is 10.0. The van der Waals surface area contributed by atoms with Crippen molar-refractivity contribution in [3.8, 4) is 5.75 Å². The molecule has 0 radical (unpaired) electrons. The molecule has 1 unspecified atom stereocenters. The Labute approximate surface area is 176 Å². The first-order chi connectivity index (χ1) is 14.7. The van der Waals surface area contributed by atoms with Gasteiger partial charge < -0.3 is 15.0 Å². The van der Waals surface area contributed by atoms with Crippen LogP contribution in [-0.2, 0) is 16.0 Å². The van der Waals surface area contributed by atoms with E-state index < -0.39 is 5.92 Å². The molecule has 5 heteroatoms. The zero-order valence-corrected chi connectivity index (χ0v) is 16.9. The Balaban J connectivity index is 1.48. The van der Waals surface area contributed by atoms with E-state index in [-0.39, 0.29) is 11.8 Å². The summed E-state index contributed by atoms with van der Waals surface area (Å²) >= 11 is 0. The molecule has 0 bridgehead atoms. The monoisotopic (exact) mass is 400 g/mol. The number of carbonyl (C=O) groups is 2. The number of methoxy groups -OCH3 is 1. The second-order valence-corrected chi connectivity index (χ2v) is 7.34. The van der Waals surface area contributed by atoms with Crippen molar-refractivity contribution in [2.75, 3.05) is 23.9 Å². The van der Waals surface area contributed by atoms with Gasteiger partial charge in [-0.25, -0.2) is 0 Å². The molecule has 0 aliphatic carbocycles. The van der Waals surface area contributed by atoms with Crippen LogP contribution in [0.5, 0.6) is 5.75 Å². The minimum Gasteiger partial charge on any atom is -0.497 e. The fraction of sp³-hybridized carbons (Fsp3) is 0.200. The smallest absolute Gasteiger partial charge is 0.239 e. The molecule has 2 amide bonds. The highest BCUT2D eigenvalue weighted by molar-refractivity contribution is 6.13. The molecule has 1 saturated heterocycles. The van der Waals surface area contributed by atoms with Gasteiger partial charge in [-0.1, -0.05) is 48.5 Å². The summed E-state index contributed by atoms with van der Waals surface area (Å²) < 4.78 is 5.13. The van der Waals surface area contributed by atoms with Gasteiger partial charge in [0, 0.05) is 17.9 Å². The van der Waals surface area contributed by atoms with E-state index in [2.05, 4.69) is 17.4 Å². The van der Waals surface area contributed by atoms with E-state index in [4.69, 9.17) is 4.74 Å². The fourth-order valence-corrected chi connectivity index (χ4v) is 3.81. The van der Waals surface area contributed by atoms with Gasteiger partial charge in [-0.05, 0) is 54.3 Å². The van der Waals surface area contributed by atoms with Crippen molar-refractivity contribution in [3.63, 3.8) is 0 Å². The van der Waals surface area contributed by atoms with Crippen LogP contribution in [-0.4, -0.2) is 25.5 Å². The first-order valence-corrected chi connectivity index (χ1v) is 10.0. The van der Waals surface area contributed by atoms with E-state index in [9.17, 15) is 9.59 Å². The molecule has 1 atom stereocenters. The summed E-state index contributed by atoms with van der Waals surface area (Å²) in [6, 6.07) is 25.2. The van der Waals surface area contributed by atoms with Gasteiger partial charge in [0.25, 0.3) is 0 Å². The van der Waals surface area contributed by atoms with Gasteiger partial charge in [-0.15, -0.1) is 0 Å². The zero-order chi connectivity index (χ0) is 20.9. The average Bonchev–Trinajstić information content (AvgIpc) is 3.16. The van der Waals surface area contributed by atoms with Crippen molar-refractivity contribution in [1.82, 2.24) is 0 Å². The Morgan fingerprint density at radius 3 is 2.43 bits per heavy atom. The lowest BCUT2D eigenvalue weighted by molar-refractivity contribution is -0.129. The number of nitrogens with one attached hydrogen (secondary N) is 1. The van der Waals surface area contributed by atoms with Gasteiger partial charge in [0.15, 0.2) is 0 Å². The number of rotatable bonds is 6. The maximum Gasteiger partial charge on any atom is 0.239 e. The van der Waals surface area contributed by atoms with Gasteiger partial charge in [-0.3, -0.25) is 9.59 Å². The van der Waals surface area contributed by atoms with Crippen molar-refractivity contribution < 1.29 is 14.3 Å². The largest absolute Gasteiger partial charge is 0.497 e. The number of amides is 2. The molecule has 1 heterocycles. The summed E-state index contributed by atoms with van der Waals surface area (Å²) in [6.45, 7) is 0.533. The molecule has 3 aromatic carbocycles. The Bertz CT molecular complexity index is 1030. The molecular weight excluding hydrogens is 376 g/mol. The number of anilines is 2. The van der Waals surface area contributed by atoms with E-state index in [0.29, 0.717) is 24.4 Å². The molecule has 1 fully saturated rings. The zero-order valence-electron chi connectivity index (χ0n) is 16.9. The third-order valence-corrected chi connectivity index (χ3v) is 5.40. The normalized spacial score (nSPS) is 15.8. The molecule has 152 valence electrons. The van der Waals surface area contributed by atoms with Crippen molar-refractivity contribution in [2.24, 2.45) is 5.92 Å². The first kappa shape index (κ1) is 19.7. The van der Waals surface area contributed by atoms with Crippen LogP contribution < -0.4 is 15.0 Å². The maximum absolute atomic E-state index is 13.1. The van der Waals surface area contributed by atoms with Crippen molar-refractivity contribution in [3.05, 3.63) is 90.0 Å². The standard InChI is InChI=1S/C25H24N2O3/c1-30-21-13-11-20(12-14-21)26-24(28)22-15-16-27(25(22)29)23-10-6-5-9-19(23)17-18-7-3-2-4-8-18/h2-14,22H,15-17H2,1H3,(H,26,28). The Kier molecular flexibility index (Phi) is 5.80. The SMILES string of the molecule is COc1ccc(NC(=O)C2CCN(c3ccccc3Cc3ccccc3)C2=O)cc1. The minimum atomic E-state index is -0.683. The van der Waals surface area contributed by atoms with E-state index in [0.717, 1.165) is 17.7 Å². The minimum absolute atomic E-state index is 0.151. The lowest BCUT2D eigenvalue weighted by atomic mass is 10.0. The molecule has 5 nitrogen and oxygen atoms in total. The van der Waals surface area contributed by atoms with E-state index in [1.54, 1.807) is 36.3 Å². The molecular formula is C25H24N2O3. The molecule has 0 aromatic heterocycles. The van der Waals surface area contributed by atoms with E-state index in [1.165, 1.54) is 5.56 Å². The summed E-state index contributed by atoms with van der Waals surface area (Å²) in [6.07, 6.45) is 1.24. The number of para-hydroxylation sites is 1. The van der Waals surface area contributed by atoms with Crippen molar-refractivity contribution in [1.29, 1.82) is 0 Å². The van der Waals surface area contributed by atoms with Gasteiger partial charge in [0.2, 0.25) is 11.8 Å². The van der Waals surface area contributed by atoms with E-state index in [1.807, 2.05) is 42.5 Å². The van der Waals surface area contributed by atoms with Crippen LogP contribution in [0.15, 0.2) is 78.9 Å². The van der Waals surface area contributed by atoms with Gasteiger partial charge in [0.1, 0.15) is 11.7 Å². The van der Waals surface area contributed by atoms with Crippen LogP contribution in [0.25, 0.3) is 0 Å². The number of hydrogen-bond donors (Lipinski definition) is 1. The second kappa shape index (κ2) is 8.82. The molecule has 4 rings (SSSR count). The highest BCUT2D eigenvalue weighted by Gasteiger charge is 2.38. The predicted molar refractivity (Wildman–Crippen MR) is 118 cm³/mol. The summed E-state index contributed by atoms with van der Waals surface area (Å²) in [4.78, 5) is 27.6. The molecule has 0 saturated carbocycles. The van der Waals surface area contributed by atoms with Crippen LogP contribution in [0.2, 0.25) is 0 Å². The number of nitrogens with zero attached hydrogens (tertiary/aromatic N) is 1. The van der Waals surface area contributed by atoms with Crippen LogP contribution in [0.4, 0.5) is 11.4 Å². The topological polar surface area (TPSA) is 58.6 Å². The fourth-order valence-electron chi connectivity index (χ4n) is 3.81. The summed E-state index contributed by atoms with van der Waals surface area (Å²) in [5.41, 5.74) is 3.79. The summed E-state index contributed by atoms with van der Waals surface area (Å²) in [7, 11) is 1.59. The van der Waals surface area contributed by atoms with Crippen LogP contribution >= 0.6 is 0 Å². The average molecular weight is 400 g/mol. The van der Waals surface area contributed by atoms with Crippen LogP contribution in [0, 0.1) is 5.92 Å². The molecule has 0 spiro atoms. The van der Waals surface area contributed by atoms with Crippen LogP contribution in [0.1, 0.15) is 17.5 Å². The lowest BCUT2D eigenvalue weighted by Gasteiger charge is -2.20. The highest BCUT2D eigenvalue weighted by Crippen LogP contribution is 2.30. The number of hydrogen-bond acceptors (Lipinski definition) is 3. The number of benzene rings is 3. The Hall–Kier alpha value is -3.60. The van der Waals surface area contributed by atoms with Gasteiger partial charge in [0.05, 0.1) is 7.11 Å². The molecule has 1 aliphatic heterocycles. The number of carbonyl (C=O) groups excluding carboxylic acids is 2. The second-order valence-electron chi connectivity index (χ2n) is 7.34. The molecule has 1 aliphatic rings. The predicted octanol–water partition coefficient (Wildman–Crippen LogP) is 4.28. The molecule has 30 heavy (non-hydrogen) atoms. The van der Waals surface area contributed by atoms with Gasteiger partial charge >= 0.3 is 0 Å². The van der Waals surface area contributed by atoms with Gasteiger partial charge in [-0.2, -0.15) is 0 Å². The lowest BCUT2D eigenvalue weighted by Crippen LogP contribution is -2.33. The third kappa shape index (κ3) is 4.20. The summed E-state index contributed by atoms with van der Waals surface area (Å²) in [5.74, 6) is -0.391.